The Balaban J connectivity index is 1.91. The Morgan fingerprint density at radius 2 is 2.11 bits per heavy atom. The van der Waals surface area contributed by atoms with Crippen molar-refractivity contribution < 1.29 is 17.9 Å². The van der Waals surface area contributed by atoms with Crippen LogP contribution >= 0.6 is 0 Å². The van der Waals surface area contributed by atoms with Crippen LogP contribution in [-0.4, -0.2) is 62.2 Å². The lowest BCUT2D eigenvalue weighted by molar-refractivity contribution is -0.0320. The van der Waals surface area contributed by atoms with Crippen LogP contribution in [0.3, 0.4) is 0 Å². The molecule has 2 saturated heterocycles. The summed E-state index contributed by atoms with van der Waals surface area (Å²) in [5.41, 5.74) is 0. The van der Waals surface area contributed by atoms with E-state index in [2.05, 4.69) is 5.32 Å². The number of nitrogens with zero attached hydrogens (tertiary/aromatic N) is 1. The van der Waals surface area contributed by atoms with Crippen LogP contribution in [0.2, 0.25) is 0 Å². The molecule has 2 aliphatic heterocycles. The second-order valence-electron chi connectivity index (χ2n) is 5.19. The fourth-order valence-corrected chi connectivity index (χ4v) is 4.03. The van der Waals surface area contributed by atoms with Crippen molar-refractivity contribution in [1.29, 1.82) is 0 Å². The molecule has 2 amide bonds. The van der Waals surface area contributed by atoms with Gasteiger partial charge >= 0.3 is 6.03 Å². The van der Waals surface area contributed by atoms with Gasteiger partial charge < -0.3 is 15.0 Å². The zero-order valence-electron chi connectivity index (χ0n) is 10.8. The summed E-state index contributed by atoms with van der Waals surface area (Å²) in [4.78, 5) is 13.8. The summed E-state index contributed by atoms with van der Waals surface area (Å²) >= 11 is 0. The van der Waals surface area contributed by atoms with Crippen molar-refractivity contribution in [2.24, 2.45) is 0 Å². The first kappa shape index (κ1) is 13.6. The number of amides is 2. The van der Waals surface area contributed by atoms with E-state index in [0.29, 0.717) is 19.6 Å². The summed E-state index contributed by atoms with van der Waals surface area (Å²) in [6.07, 6.45) is 0.543. The minimum absolute atomic E-state index is 0.0270. The largest absolute Gasteiger partial charge is 0.375 e. The van der Waals surface area contributed by atoms with E-state index in [1.54, 1.807) is 4.90 Å². The smallest absolute Gasteiger partial charge is 0.318 e. The van der Waals surface area contributed by atoms with Crippen molar-refractivity contribution in [3.8, 4) is 0 Å². The Hall–Kier alpha value is -0.820. The molecule has 2 heterocycles. The molecule has 7 heteroatoms. The molecule has 0 aromatic rings. The Morgan fingerprint density at radius 3 is 2.72 bits per heavy atom. The van der Waals surface area contributed by atoms with Gasteiger partial charge in [0.05, 0.1) is 30.3 Å². The first-order chi connectivity index (χ1) is 8.37. The van der Waals surface area contributed by atoms with E-state index in [-0.39, 0.29) is 35.7 Å². The van der Waals surface area contributed by atoms with E-state index < -0.39 is 9.84 Å². The molecule has 3 atom stereocenters. The monoisotopic (exact) mass is 276 g/mol. The van der Waals surface area contributed by atoms with Gasteiger partial charge in [-0.05, 0) is 20.3 Å². The third-order valence-electron chi connectivity index (χ3n) is 3.43. The predicted molar refractivity (Wildman–Crippen MR) is 67.2 cm³/mol. The minimum atomic E-state index is -2.95. The molecular weight excluding hydrogens is 256 g/mol. The SMILES string of the molecule is C[C@@H]1CN(C(=O)N[C@@H]2CCS(=O)(=O)C2)[C@H](C)CO1. The average molecular weight is 276 g/mol. The molecule has 0 radical (unpaired) electrons. The first-order valence-electron chi connectivity index (χ1n) is 6.26. The zero-order valence-corrected chi connectivity index (χ0v) is 11.6. The van der Waals surface area contributed by atoms with E-state index in [4.69, 9.17) is 4.74 Å². The summed E-state index contributed by atoms with van der Waals surface area (Å²) in [5, 5.41) is 2.81. The maximum Gasteiger partial charge on any atom is 0.318 e. The van der Waals surface area contributed by atoms with Crippen molar-refractivity contribution in [2.45, 2.75) is 38.5 Å². The highest BCUT2D eigenvalue weighted by atomic mass is 32.2. The molecule has 0 saturated carbocycles. The lowest BCUT2D eigenvalue weighted by Crippen LogP contribution is -2.55. The fourth-order valence-electron chi connectivity index (χ4n) is 2.35. The van der Waals surface area contributed by atoms with Gasteiger partial charge in [-0.1, -0.05) is 0 Å². The number of ether oxygens (including phenoxy) is 1. The topological polar surface area (TPSA) is 75.7 Å². The molecule has 0 aliphatic carbocycles. The van der Waals surface area contributed by atoms with E-state index >= 15 is 0 Å². The molecule has 0 aromatic carbocycles. The van der Waals surface area contributed by atoms with Gasteiger partial charge in [0.2, 0.25) is 0 Å². The number of morpholine rings is 1. The Kier molecular flexibility index (Phi) is 3.82. The van der Waals surface area contributed by atoms with Crippen molar-refractivity contribution in [3.05, 3.63) is 0 Å². The predicted octanol–water partition coefficient (Wildman–Crippen LogP) is -0.00770. The number of rotatable bonds is 1. The quantitative estimate of drug-likeness (QED) is 0.731. The van der Waals surface area contributed by atoms with Crippen molar-refractivity contribution >= 4 is 15.9 Å². The summed E-state index contributed by atoms with van der Waals surface area (Å²) in [6, 6.07) is -0.396. The third kappa shape index (κ3) is 3.14. The molecule has 2 fully saturated rings. The molecule has 0 aromatic heterocycles. The second-order valence-corrected chi connectivity index (χ2v) is 7.42. The molecule has 18 heavy (non-hydrogen) atoms. The van der Waals surface area contributed by atoms with Gasteiger partial charge in [0.1, 0.15) is 0 Å². The van der Waals surface area contributed by atoms with Gasteiger partial charge in [-0.25, -0.2) is 13.2 Å². The second kappa shape index (κ2) is 5.05. The molecule has 104 valence electrons. The van der Waals surface area contributed by atoms with Crippen LogP contribution in [-0.2, 0) is 14.6 Å². The number of carbonyl (C=O) groups is 1. The van der Waals surface area contributed by atoms with Crippen LogP contribution in [0.4, 0.5) is 4.79 Å². The van der Waals surface area contributed by atoms with E-state index in [1.165, 1.54) is 0 Å². The lowest BCUT2D eigenvalue weighted by atomic mass is 10.2. The third-order valence-corrected chi connectivity index (χ3v) is 5.20. The number of hydrogen-bond donors (Lipinski definition) is 1. The molecular formula is C11H20N2O4S. The van der Waals surface area contributed by atoms with Crippen LogP contribution in [0.1, 0.15) is 20.3 Å². The van der Waals surface area contributed by atoms with Gasteiger partial charge in [-0.15, -0.1) is 0 Å². The van der Waals surface area contributed by atoms with Crippen LogP contribution in [0.15, 0.2) is 0 Å². The van der Waals surface area contributed by atoms with Crippen LogP contribution in [0, 0.1) is 0 Å². The fraction of sp³-hybridized carbons (Fsp3) is 0.909. The van der Waals surface area contributed by atoms with Crippen LogP contribution < -0.4 is 5.32 Å². The number of urea groups is 1. The molecule has 0 bridgehead atoms. The first-order valence-corrected chi connectivity index (χ1v) is 8.08. The summed E-state index contributed by atoms with van der Waals surface area (Å²) in [5.74, 6) is 0.236. The minimum Gasteiger partial charge on any atom is -0.375 e. The van der Waals surface area contributed by atoms with Gasteiger partial charge in [0, 0.05) is 12.6 Å². The molecule has 6 nitrogen and oxygen atoms in total. The van der Waals surface area contributed by atoms with Gasteiger partial charge in [0.15, 0.2) is 9.84 Å². The van der Waals surface area contributed by atoms with E-state index in [0.717, 1.165) is 0 Å². The number of carbonyl (C=O) groups excluding carboxylic acids is 1. The lowest BCUT2D eigenvalue weighted by Gasteiger charge is -2.37. The summed E-state index contributed by atoms with van der Waals surface area (Å²) in [7, 11) is -2.95. The van der Waals surface area contributed by atoms with Crippen LogP contribution in [0.5, 0.6) is 0 Å². The summed E-state index contributed by atoms with van der Waals surface area (Å²) in [6.45, 7) is 4.92. The van der Waals surface area contributed by atoms with Crippen molar-refractivity contribution in [3.63, 3.8) is 0 Å². The van der Waals surface area contributed by atoms with Gasteiger partial charge in [-0.2, -0.15) is 0 Å². The number of hydrogen-bond acceptors (Lipinski definition) is 4. The normalized spacial score (nSPS) is 35.4. The maximum atomic E-state index is 12.1. The standard InChI is InChI=1S/C11H20N2O4S/c1-8-6-17-9(2)5-13(8)11(14)12-10-3-4-18(15,16)7-10/h8-10H,3-7H2,1-2H3,(H,12,14)/t8-,9-,10-/m1/s1. The van der Waals surface area contributed by atoms with Gasteiger partial charge in [0.25, 0.3) is 0 Å². The molecule has 1 N–H and O–H groups in total. The Labute approximate surface area is 108 Å². The van der Waals surface area contributed by atoms with E-state index in [1.807, 2.05) is 13.8 Å². The van der Waals surface area contributed by atoms with E-state index in [9.17, 15) is 13.2 Å². The van der Waals surface area contributed by atoms with Crippen molar-refractivity contribution in [1.82, 2.24) is 10.2 Å². The Bertz CT molecular complexity index is 423. The maximum absolute atomic E-state index is 12.1. The van der Waals surface area contributed by atoms with Gasteiger partial charge in [-0.3, -0.25) is 0 Å². The molecule has 2 rings (SSSR count). The molecule has 0 unspecified atom stereocenters. The number of sulfone groups is 1. The number of nitrogens with one attached hydrogen (secondary N) is 1. The zero-order chi connectivity index (χ0) is 13.3. The highest BCUT2D eigenvalue weighted by Gasteiger charge is 2.33. The summed E-state index contributed by atoms with van der Waals surface area (Å²) < 4.78 is 28.1. The van der Waals surface area contributed by atoms with Crippen LogP contribution in [0.25, 0.3) is 0 Å². The highest BCUT2D eigenvalue weighted by molar-refractivity contribution is 7.91. The Morgan fingerprint density at radius 1 is 1.39 bits per heavy atom. The van der Waals surface area contributed by atoms with Crippen molar-refractivity contribution in [2.75, 3.05) is 24.7 Å². The molecule has 0 spiro atoms. The molecule has 2 aliphatic rings. The highest BCUT2D eigenvalue weighted by Crippen LogP contribution is 2.14. The average Bonchev–Trinajstić information content (AvgIpc) is 2.61.